The Balaban J connectivity index is 1.92. The van der Waals surface area contributed by atoms with Crippen molar-refractivity contribution in [2.45, 2.75) is 32.0 Å². The summed E-state index contributed by atoms with van der Waals surface area (Å²) in [5.74, 6) is 0.886. The zero-order chi connectivity index (χ0) is 16.9. The van der Waals surface area contributed by atoms with Gasteiger partial charge in [0.25, 0.3) is 0 Å². The van der Waals surface area contributed by atoms with Crippen LogP contribution in [0, 0.1) is 0 Å². The number of ether oxygens (including phenoxy) is 1. The van der Waals surface area contributed by atoms with Gasteiger partial charge in [0.05, 0.1) is 12.4 Å². The van der Waals surface area contributed by atoms with Gasteiger partial charge in [0, 0.05) is 27.6 Å². The van der Waals surface area contributed by atoms with Crippen molar-refractivity contribution >= 4 is 39.2 Å². The van der Waals surface area contributed by atoms with Gasteiger partial charge in [-0.25, -0.2) is 0 Å². The van der Waals surface area contributed by atoms with E-state index in [-0.39, 0.29) is 11.7 Å². The maximum absolute atomic E-state index is 11.6. The maximum atomic E-state index is 11.6. The third-order valence-electron chi connectivity index (χ3n) is 3.51. The number of nitrogens with zero attached hydrogens (tertiary/aromatic N) is 3. The first-order chi connectivity index (χ1) is 11.7. The lowest BCUT2D eigenvalue weighted by Crippen LogP contribution is -2.08. The number of benzene rings is 1. The van der Waals surface area contributed by atoms with Gasteiger partial charge in [0.1, 0.15) is 0 Å². The summed E-state index contributed by atoms with van der Waals surface area (Å²) in [6.07, 6.45) is 0.972. The molecule has 2 heterocycles. The zero-order valence-corrected chi connectivity index (χ0v) is 15.3. The van der Waals surface area contributed by atoms with Crippen LogP contribution in [0.15, 0.2) is 34.8 Å². The number of rotatable bonds is 7. The van der Waals surface area contributed by atoms with Crippen molar-refractivity contribution in [2.24, 2.45) is 0 Å². The van der Waals surface area contributed by atoms with Crippen molar-refractivity contribution in [2.75, 3.05) is 12.4 Å². The van der Waals surface area contributed by atoms with E-state index in [2.05, 4.69) is 39.2 Å². The highest BCUT2D eigenvalue weighted by molar-refractivity contribution is 7.99. The minimum Gasteiger partial charge on any atom is -0.465 e. The van der Waals surface area contributed by atoms with E-state index in [0.29, 0.717) is 6.61 Å². The van der Waals surface area contributed by atoms with E-state index in [0.717, 1.165) is 29.5 Å². The molecule has 0 saturated heterocycles. The molecular weight excluding hydrogens is 342 g/mol. The molecule has 0 N–H and O–H groups in total. The van der Waals surface area contributed by atoms with E-state index < -0.39 is 0 Å². The highest BCUT2D eigenvalue weighted by atomic mass is 32.2. The molecule has 0 fully saturated rings. The van der Waals surface area contributed by atoms with Gasteiger partial charge in [-0.3, -0.25) is 4.79 Å². The van der Waals surface area contributed by atoms with Crippen molar-refractivity contribution in [3.05, 3.63) is 29.6 Å². The number of esters is 1. The molecule has 0 aliphatic carbocycles. The number of thiophene rings is 1. The van der Waals surface area contributed by atoms with Crippen LogP contribution in [0.25, 0.3) is 21.5 Å². The molecule has 0 amide bonds. The summed E-state index contributed by atoms with van der Waals surface area (Å²) >= 11 is 3.08. The average Bonchev–Trinajstić information content (AvgIpc) is 3.17. The first-order valence-electron chi connectivity index (χ1n) is 7.92. The van der Waals surface area contributed by atoms with Crippen LogP contribution in [0.3, 0.4) is 0 Å². The minimum atomic E-state index is -0.226. The van der Waals surface area contributed by atoms with Crippen LogP contribution in [0.5, 0.6) is 0 Å². The fourth-order valence-electron chi connectivity index (χ4n) is 2.50. The number of thioether (sulfide) groups is 1. The van der Waals surface area contributed by atoms with Crippen molar-refractivity contribution in [3.63, 3.8) is 0 Å². The highest BCUT2D eigenvalue weighted by Gasteiger charge is 2.18. The van der Waals surface area contributed by atoms with E-state index in [9.17, 15) is 4.79 Å². The molecule has 0 atom stereocenters. The van der Waals surface area contributed by atoms with Gasteiger partial charge in [0.2, 0.25) is 0 Å². The van der Waals surface area contributed by atoms with Crippen LogP contribution in [0.2, 0.25) is 0 Å². The predicted molar refractivity (Wildman–Crippen MR) is 98.5 cm³/mol. The monoisotopic (exact) mass is 361 g/mol. The maximum Gasteiger partial charge on any atom is 0.316 e. The second-order valence-corrected chi connectivity index (χ2v) is 7.05. The Hall–Kier alpha value is -1.86. The molecule has 3 rings (SSSR count). The fourth-order valence-corrected chi connectivity index (χ4v) is 4.20. The quantitative estimate of drug-likeness (QED) is 0.466. The Bertz CT molecular complexity index is 841. The molecule has 3 aromatic rings. The van der Waals surface area contributed by atoms with Crippen LogP contribution >= 0.6 is 23.1 Å². The summed E-state index contributed by atoms with van der Waals surface area (Å²) in [5, 5.41) is 12.8. The molecule has 1 aromatic carbocycles. The van der Waals surface area contributed by atoms with Gasteiger partial charge in [-0.2, -0.15) is 0 Å². The lowest BCUT2D eigenvalue weighted by atomic mass is 10.1. The SMILES string of the molecule is CCCn1c(SCC(=O)OCC)nnc1-c1csc2ccccc12. The van der Waals surface area contributed by atoms with Crippen LogP contribution < -0.4 is 0 Å². The minimum absolute atomic E-state index is 0.226. The Labute approximate surface area is 149 Å². The predicted octanol–water partition coefficient (Wildman–Crippen LogP) is 4.23. The highest BCUT2D eigenvalue weighted by Crippen LogP contribution is 2.34. The van der Waals surface area contributed by atoms with Gasteiger partial charge in [0.15, 0.2) is 11.0 Å². The number of fused-ring (bicyclic) bond motifs is 1. The Morgan fingerprint density at radius 2 is 2.12 bits per heavy atom. The van der Waals surface area contributed by atoms with Gasteiger partial charge in [-0.15, -0.1) is 21.5 Å². The average molecular weight is 361 g/mol. The van der Waals surface area contributed by atoms with Crippen LogP contribution in [-0.2, 0) is 16.1 Å². The van der Waals surface area contributed by atoms with Crippen LogP contribution in [-0.4, -0.2) is 33.1 Å². The van der Waals surface area contributed by atoms with Gasteiger partial charge >= 0.3 is 5.97 Å². The standard InChI is InChI=1S/C17H19N3O2S2/c1-3-9-20-16(13-10-23-14-8-6-5-7-12(13)14)18-19-17(20)24-11-15(21)22-4-2/h5-8,10H,3-4,9,11H2,1-2H3. The molecule has 2 aromatic heterocycles. The first-order valence-corrected chi connectivity index (χ1v) is 9.79. The van der Waals surface area contributed by atoms with Gasteiger partial charge in [-0.1, -0.05) is 36.9 Å². The van der Waals surface area contributed by atoms with E-state index in [1.54, 1.807) is 11.3 Å². The Morgan fingerprint density at radius 1 is 1.29 bits per heavy atom. The molecular formula is C17H19N3O2S2. The summed E-state index contributed by atoms with van der Waals surface area (Å²) in [4.78, 5) is 11.6. The van der Waals surface area contributed by atoms with Crippen molar-refractivity contribution in [1.29, 1.82) is 0 Å². The number of carbonyl (C=O) groups is 1. The second kappa shape index (κ2) is 7.81. The summed E-state index contributed by atoms with van der Waals surface area (Å²) in [5.41, 5.74) is 1.10. The van der Waals surface area contributed by atoms with Crippen molar-refractivity contribution in [3.8, 4) is 11.4 Å². The molecule has 24 heavy (non-hydrogen) atoms. The summed E-state index contributed by atoms with van der Waals surface area (Å²) in [6.45, 7) is 5.14. The molecule has 0 aliphatic rings. The Kier molecular flexibility index (Phi) is 5.52. The van der Waals surface area contributed by atoms with Crippen LogP contribution in [0.1, 0.15) is 20.3 Å². The lowest BCUT2D eigenvalue weighted by molar-refractivity contribution is -0.139. The number of hydrogen-bond acceptors (Lipinski definition) is 6. The van der Waals surface area contributed by atoms with E-state index in [4.69, 9.17) is 4.74 Å². The fraction of sp³-hybridized carbons (Fsp3) is 0.353. The van der Waals surface area contributed by atoms with Gasteiger partial charge in [-0.05, 0) is 19.4 Å². The molecule has 0 radical (unpaired) electrons. The number of hydrogen-bond donors (Lipinski definition) is 0. The number of carbonyl (C=O) groups excluding carboxylic acids is 1. The molecule has 0 bridgehead atoms. The van der Waals surface area contributed by atoms with Crippen LogP contribution in [0.4, 0.5) is 0 Å². The van der Waals surface area contributed by atoms with E-state index in [1.807, 2.05) is 19.1 Å². The normalized spacial score (nSPS) is 11.1. The molecule has 0 saturated carbocycles. The Morgan fingerprint density at radius 3 is 2.92 bits per heavy atom. The van der Waals surface area contributed by atoms with Crippen molar-refractivity contribution < 1.29 is 9.53 Å². The topological polar surface area (TPSA) is 57.0 Å². The molecule has 0 aliphatic heterocycles. The second-order valence-electron chi connectivity index (χ2n) is 5.20. The third kappa shape index (κ3) is 3.47. The first kappa shape index (κ1) is 17.0. The molecule has 5 nitrogen and oxygen atoms in total. The van der Waals surface area contributed by atoms with E-state index in [1.165, 1.54) is 21.8 Å². The molecule has 7 heteroatoms. The summed E-state index contributed by atoms with van der Waals surface area (Å²) < 4.78 is 8.32. The lowest BCUT2D eigenvalue weighted by Gasteiger charge is -2.08. The van der Waals surface area contributed by atoms with Gasteiger partial charge < -0.3 is 9.30 Å². The molecule has 0 unspecified atom stereocenters. The third-order valence-corrected chi connectivity index (χ3v) is 5.41. The smallest absolute Gasteiger partial charge is 0.316 e. The molecule has 126 valence electrons. The van der Waals surface area contributed by atoms with E-state index >= 15 is 0 Å². The number of aromatic nitrogens is 3. The van der Waals surface area contributed by atoms with Crippen molar-refractivity contribution in [1.82, 2.24) is 14.8 Å². The molecule has 0 spiro atoms. The summed E-state index contributed by atoms with van der Waals surface area (Å²) in [6, 6.07) is 8.30. The largest absolute Gasteiger partial charge is 0.465 e. The summed E-state index contributed by atoms with van der Waals surface area (Å²) in [7, 11) is 0. The zero-order valence-electron chi connectivity index (χ0n) is 13.7.